The SMILES string of the molecule is COc1ccc(C(N)c2cc(F)ccc2OC)cc1. The van der Waals surface area contributed by atoms with Crippen LogP contribution in [0.4, 0.5) is 4.39 Å². The fraction of sp³-hybridized carbons (Fsp3) is 0.200. The number of benzene rings is 2. The molecule has 0 aliphatic carbocycles. The standard InChI is InChI=1S/C15H16FNO2/c1-18-12-6-3-10(4-7-12)15(17)13-9-11(16)5-8-14(13)19-2/h3-9,15H,17H2,1-2H3. The van der Waals surface area contributed by atoms with Gasteiger partial charge in [-0.1, -0.05) is 12.1 Å². The van der Waals surface area contributed by atoms with Crippen molar-refractivity contribution in [3.8, 4) is 11.5 Å². The lowest BCUT2D eigenvalue weighted by Gasteiger charge is -2.16. The zero-order valence-corrected chi connectivity index (χ0v) is 10.9. The topological polar surface area (TPSA) is 44.5 Å². The van der Waals surface area contributed by atoms with Gasteiger partial charge in [0, 0.05) is 5.56 Å². The molecule has 0 fully saturated rings. The number of rotatable bonds is 4. The predicted molar refractivity (Wildman–Crippen MR) is 72.0 cm³/mol. The molecule has 2 aromatic carbocycles. The monoisotopic (exact) mass is 261 g/mol. The first-order valence-electron chi connectivity index (χ1n) is 5.88. The van der Waals surface area contributed by atoms with Gasteiger partial charge in [0.2, 0.25) is 0 Å². The summed E-state index contributed by atoms with van der Waals surface area (Å²) >= 11 is 0. The molecule has 0 bridgehead atoms. The molecule has 0 aromatic heterocycles. The van der Waals surface area contributed by atoms with E-state index in [-0.39, 0.29) is 5.82 Å². The molecule has 2 N–H and O–H groups in total. The van der Waals surface area contributed by atoms with E-state index in [4.69, 9.17) is 15.2 Å². The molecule has 2 aromatic rings. The second kappa shape index (κ2) is 5.71. The third-order valence-electron chi connectivity index (χ3n) is 3.00. The Morgan fingerprint density at radius 3 is 2.26 bits per heavy atom. The largest absolute Gasteiger partial charge is 0.497 e. The Labute approximate surface area is 111 Å². The summed E-state index contributed by atoms with van der Waals surface area (Å²) in [4.78, 5) is 0. The maximum atomic E-state index is 13.3. The molecule has 0 saturated carbocycles. The van der Waals surface area contributed by atoms with Gasteiger partial charge in [0.15, 0.2) is 0 Å². The molecule has 0 saturated heterocycles. The van der Waals surface area contributed by atoms with Crippen LogP contribution in [0.3, 0.4) is 0 Å². The van der Waals surface area contributed by atoms with Gasteiger partial charge in [-0.3, -0.25) is 0 Å². The van der Waals surface area contributed by atoms with Crippen molar-refractivity contribution in [2.24, 2.45) is 5.73 Å². The fourth-order valence-electron chi connectivity index (χ4n) is 1.94. The van der Waals surface area contributed by atoms with Crippen molar-refractivity contribution in [3.05, 3.63) is 59.4 Å². The van der Waals surface area contributed by atoms with Crippen LogP contribution < -0.4 is 15.2 Å². The van der Waals surface area contributed by atoms with Crippen LogP contribution in [0, 0.1) is 5.82 Å². The van der Waals surface area contributed by atoms with E-state index >= 15 is 0 Å². The lowest BCUT2D eigenvalue weighted by Crippen LogP contribution is -2.13. The van der Waals surface area contributed by atoms with Crippen molar-refractivity contribution in [1.29, 1.82) is 0 Å². The molecule has 0 aliphatic heterocycles. The fourth-order valence-corrected chi connectivity index (χ4v) is 1.94. The Hall–Kier alpha value is -2.07. The molecule has 100 valence electrons. The first-order chi connectivity index (χ1) is 9.15. The number of hydrogen-bond acceptors (Lipinski definition) is 3. The summed E-state index contributed by atoms with van der Waals surface area (Å²) in [5, 5.41) is 0. The summed E-state index contributed by atoms with van der Waals surface area (Å²) in [5.41, 5.74) is 7.65. The summed E-state index contributed by atoms with van der Waals surface area (Å²) in [6, 6.07) is 11.2. The van der Waals surface area contributed by atoms with Gasteiger partial charge in [-0.15, -0.1) is 0 Å². The van der Waals surface area contributed by atoms with E-state index in [9.17, 15) is 4.39 Å². The Morgan fingerprint density at radius 1 is 1.00 bits per heavy atom. The summed E-state index contributed by atoms with van der Waals surface area (Å²) < 4.78 is 23.7. The zero-order valence-electron chi connectivity index (χ0n) is 10.9. The minimum Gasteiger partial charge on any atom is -0.497 e. The van der Waals surface area contributed by atoms with Crippen molar-refractivity contribution in [3.63, 3.8) is 0 Å². The van der Waals surface area contributed by atoms with E-state index in [1.54, 1.807) is 13.2 Å². The Morgan fingerprint density at radius 2 is 1.68 bits per heavy atom. The Bertz CT molecular complexity index is 555. The van der Waals surface area contributed by atoms with Gasteiger partial charge in [0.05, 0.1) is 20.3 Å². The Balaban J connectivity index is 2.36. The average molecular weight is 261 g/mol. The van der Waals surface area contributed by atoms with Crippen LogP contribution in [0.25, 0.3) is 0 Å². The lowest BCUT2D eigenvalue weighted by molar-refractivity contribution is 0.406. The van der Waals surface area contributed by atoms with E-state index < -0.39 is 6.04 Å². The summed E-state index contributed by atoms with van der Waals surface area (Å²) in [6.45, 7) is 0. The maximum absolute atomic E-state index is 13.3. The highest BCUT2D eigenvalue weighted by Gasteiger charge is 2.15. The van der Waals surface area contributed by atoms with Gasteiger partial charge in [-0.05, 0) is 35.9 Å². The quantitative estimate of drug-likeness (QED) is 0.920. The molecule has 0 radical (unpaired) electrons. The van der Waals surface area contributed by atoms with Crippen LogP contribution in [-0.2, 0) is 0 Å². The third kappa shape index (κ3) is 2.85. The maximum Gasteiger partial charge on any atom is 0.124 e. The molecule has 1 atom stereocenters. The number of halogens is 1. The second-order valence-electron chi connectivity index (χ2n) is 4.14. The lowest BCUT2D eigenvalue weighted by atomic mass is 9.98. The van der Waals surface area contributed by atoms with Crippen molar-refractivity contribution >= 4 is 0 Å². The van der Waals surface area contributed by atoms with E-state index in [2.05, 4.69) is 0 Å². The van der Waals surface area contributed by atoms with E-state index in [0.717, 1.165) is 11.3 Å². The molecular weight excluding hydrogens is 245 g/mol. The van der Waals surface area contributed by atoms with Crippen LogP contribution in [0.1, 0.15) is 17.2 Å². The van der Waals surface area contributed by atoms with Gasteiger partial charge < -0.3 is 15.2 Å². The highest BCUT2D eigenvalue weighted by molar-refractivity contribution is 5.42. The average Bonchev–Trinajstić information content (AvgIpc) is 2.46. The van der Waals surface area contributed by atoms with Gasteiger partial charge in [-0.25, -0.2) is 4.39 Å². The highest BCUT2D eigenvalue weighted by Crippen LogP contribution is 2.29. The number of ether oxygens (including phenoxy) is 2. The molecule has 4 heteroatoms. The van der Waals surface area contributed by atoms with Crippen LogP contribution in [-0.4, -0.2) is 14.2 Å². The molecule has 1 unspecified atom stereocenters. The predicted octanol–water partition coefficient (Wildman–Crippen LogP) is 2.89. The van der Waals surface area contributed by atoms with Crippen molar-refractivity contribution in [2.75, 3.05) is 14.2 Å². The molecule has 0 aliphatic rings. The van der Waals surface area contributed by atoms with Crippen LogP contribution in [0.15, 0.2) is 42.5 Å². The highest BCUT2D eigenvalue weighted by atomic mass is 19.1. The smallest absolute Gasteiger partial charge is 0.124 e. The summed E-state index contributed by atoms with van der Waals surface area (Å²) in [6.07, 6.45) is 0. The first kappa shape index (κ1) is 13.4. The Kier molecular flexibility index (Phi) is 4.02. The van der Waals surface area contributed by atoms with Gasteiger partial charge in [0.1, 0.15) is 17.3 Å². The molecule has 0 spiro atoms. The molecular formula is C15H16FNO2. The number of hydrogen-bond donors (Lipinski definition) is 1. The normalized spacial score (nSPS) is 12.0. The minimum atomic E-state index is -0.448. The van der Waals surface area contributed by atoms with Gasteiger partial charge >= 0.3 is 0 Å². The van der Waals surface area contributed by atoms with Crippen LogP contribution >= 0.6 is 0 Å². The molecule has 3 nitrogen and oxygen atoms in total. The number of nitrogens with two attached hydrogens (primary N) is 1. The summed E-state index contributed by atoms with van der Waals surface area (Å²) in [5.74, 6) is 0.992. The summed E-state index contributed by atoms with van der Waals surface area (Å²) in [7, 11) is 3.14. The molecule has 0 heterocycles. The molecule has 19 heavy (non-hydrogen) atoms. The van der Waals surface area contributed by atoms with Gasteiger partial charge in [-0.2, -0.15) is 0 Å². The molecule has 2 rings (SSSR count). The van der Waals surface area contributed by atoms with Crippen molar-refractivity contribution in [1.82, 2.24) is 0 Å². The third-order valence-corrected chi connectivity index (χ3v) is 3.00. The van der Waals surface area contributed by atoms with Gasteiger partial charge in [0.25, 0.3) is 0 Å². The minimum absolute atomic E-state index is 0.334. The first-order valence-corrected chi connectivity index (χ1v) is 5.88. The van der Waals surface area contributed by atoms with Crippen molar-refractivity contribution < 1.29 is 13.9 Å². The van der Waals surface area contributed by atoms with E-state index in [0.29, 0.717) is 11.3 Å². The van der Waals surface area contributed by atoms with Crippen molar-refractivity contribution in [2.45, 2.75) is 6.04 Å². The van der Waals surface area contributed by atoms with E-state index in [1.807, 2.05) is 24.3 Å². The van der Waals surface area contributed by atoms with Crippen LogP contribution in [0.5, 0.6) is 11.5 Å². The second-order valence-corrected chi connectivity index (χ2v) is 4.14. The number of methoxy groups -OCH3 is 2. The van der Waals surface area contributed by atoms with E-state index in [1.165, 1.54) is 19.2 Å². The zero-order chi connectivity index (χ0) is 13.8. The van der Waals surface area contributed by atoms with Crippen LogP contribution in [0.2, 0.25) is 0 Å². The molecule has 0 amide bonds.